The van der Waals surface area contributed by atoms with Crippen LogP contribution in [-0.4, -0.2) is 36.1 Å². The molecule has 4 N–H and O–H groups in total. The van der Waals surface area contributed by atoms with E-state index in [0.717, 1.165) is 17.7 Å². The number of carbonyl (C=O) groups excluding carboxylic acids is 1. The van der Waals surface area contributed by atoms with Gasteiger partial charge in [0.1, 0.15) is 0 Å². The summed E-state index contributed by atoms with van der Waals surface area (Å²) >= 11 is 0. The van der Waals surface area contributed by atoms with Gasteiger partial charge in [-0.05, 0) is 18.2 Å². The summed E-state index contributed by atoms with van der Waals surface area (Å²) in [5.41, 5.74) is 4.18. The predicted octanol–water partition coefficient (Wildman–Crippen LogP) is -0.357. The van der Waals surface area contributed by atoms with Crippen molar-refractivity contribution in [1.29, 1.82) is 0 Å². The Balaban J connectivity index is 2.52. The first kappa shape index (κ1) is 13.6. The summed E-state index contributed by atoms with van der Waals surface area (Å²) in [4.78, 5) is 13.1. The van der Waals surface area contributed by atoms with Gasteiger partial charge in [0.15, 0.2) is 0 Å². The summed E-state index contributed by atoms with van der Waals surface area (Å²) < 4.78 is 0. The lowest BCUT2D eigenvalue weighted by molar-refractivity contribution is -0.120. The molecule has 0 radical (unpaired) electrons. The maximum absolute atomic E-state index is 11.1. The van der Waals surface area contributed by atoms with Gasteiger partial charge in [0.05, 0.1) is 13.0 Å². The Hall–Kier alpha value is -1.43. The number of nitrogens with two attached hydrogens (primary N) is 1. The van der Waals surface area contributed by atoms with Crippen LogP contribution in [0.1, 0.15) is 11.1 Å². The van der Waals surface area contributed by atoms with Crippen molar-refractivity contribution < 1.29 is 9.90 Å². The molecule has 1 amide bonds. The van der Waals surface area contributed by atoms with Crippen LogP contribution in [0.2, 0.25) is 0 Å². The first-order valence-corrected chi connectivity index (χ1v) is 5.52. The SMILES string of the molecule is CN(CCO)Cc1ccc(CC(=O)NN)cc1. The Kier molecular flexibility index (Phi) is 5.62. The van der Waals surface area contributed by atoms with Crippen molar-refractivity contribution in [3.8, 4) is 0 Å². The number of hydrogen-bond acceptors (Lipinski definition) is 4. The molecule has 0 aliphatic heterocycles. The highest BCUT2D eigenvalue weighted by Crippen LogP contribution is 2.07. The molecule has 0 unspecified atom stereocenters. The van der Waals surface area contributed by atoms with Crippen molar-refractivity contribution in [2.45, 2.75) is 13.0 Å². The van der Waals surface area contributed by atoms with Crippen molar-refractivity contribution >= 4 is 5.91 Å². The van der Waals surface area contributed by atoms with Crippen LogP contribution < -0.4 is 11.3 Å². The lowest BCUT2D eigenvalue weighted by Gasteiger charge is -2.15. The number of hydrazine groups is 1. The maximum atomic E-state index is 11.1. The van der Waals surface area contributed by atoms with E-state index in [2.05, 4.69) is 5.43 Å². The van der Waals surface area contributed by atoms with Crippen LogP contribution in [0, 0.1) is 0 Å². The highest BCUT2D eigenvalue weighted by molar-refractivity contribution is 5.77. The van der Waals surface area contributed by atoms with Gasteiger partial charge in [-0.15, -0.1) is 0 Å². The second kappa shape index (κ2) is 7.01. The van der Waals surface area contributed by atoms with Gasteiger partial charge in [-0.2, -0.15) is 0 Å². The van der Waals surface area contributed by atoms with Crippen molar-refractivity contribution in [2.24, 2.45) is 5.84 Å². The van der Waals surface area contributed by atoms with Gasteiger partial charge in [0.2, 0.25) is 5.91 Å². The van der Waals surface area contributed by atoms with Gasteiger partial charge in [0, 0.05) is 13.1 Å². The van der Waals surface area contributed by atoms with Crippen molar-refractivity contribution in [3.05, 3.63) is 35.4 Å². The first-order chi connectivity index (χ1) is 8.15. The molecule has 1 aromatic rings. The van der Waals surface area contributed by atoms with Gasteiger partial charge in [0.25, 0.3) is 0 Å². The van der Waals surface area contributed by atoms with Crippen LogP contribution >= 0.6 is 0 Å². The van der Waals surface area contributed by atoms with Crippen molar-refractivity contribution in [3.63, 3.8) is 0 Å². The van der Waals surface area contributed by atoms with E-state index in [4.69, 9.17) is 10.9 Å². The first-order valence-electron chi connectivity index (χ1n) is 5.52. The highest BCUT2D eigenvalue weighted by atomic mass is 16.3. The second-order valence-electron chi connectivity index (χ2n) is 4.02. The monoisotopic (exact) mass is 237 g/mol. The Morgan fingerprint density at radius 1 is 1.35 bits per heavy atom. The summed E-state index contributed by atoms with van der Waals surface area (Å²) in [7, 11) is 1.95. The van der Waals surface area contributed by atoms with E-state index >= 15 is 0 Å². The van der Waals surface area contributed by atoms with E-state index in [1.54, 1.807) is 0 Å². The van der Waals surface area contributed by atoms with Gasteiger partial charge in [-0.1, -0.05) is 24.3 Å². The van der Waals surface area contributed by atoms with E-state index in [-0.39, 0.29) is 12.5 Å². The fraction of sp³-hybridized carbons (Fsp3) is 0.417. The molecule has 0 spiro atoms. The molecular weight excluding hydrogens is 218 g/mol. The molecule has 17 heavy (non-hydrogen) atoms. The molecule has 1 aromatic carbocycles. The van der Waals surface area contributed by atoms with E-state index in [1.165, 1.54) is 0 Å². The number of likely N-dealkylation sites (N-methyl/N-ethyl adjacent to an activating group) is 1. The molecule has 0 heterocycles. The Labute approximate surface area is 101 Å². The number of nitrogens with one attached hydrogen (secondary N) is 1. The lowest BCUT2D eigenvalue weighted by atomic mass is 10.1. The van der Waals surface area contributed by atoms with E-state index in [0.29, 0.717) is 13.0 Å². The van der Waals surface area contributed by atoms with Crippen LogP contribution in [0.4, 0.5) is 0 Å². The van der Waals surface area contributed by atoms with Crippen molar-refractivity contribution in [1.82, 2.24) is 10.3 Å². The minimum atomic E-state index is -0.199. The normalized spacial score (nSPS) is 10.6. The van der Waals surface area contributed by atoms with Gasteiger partial charge < -0.3 is 5.11 Å². The zero-order valence-corrected chi connectivity index (χ0v) is 10.0. The zero-order valence-electron chi connectivity index (χ0n) is 10.0. The molecule has 0 aliphatic rings. The third-order valence-corrected chi connectivity index (χ3v) is 2.48. The van der Waals surface area contributed by atoms with Crippen molar-refractivity contribution in [2.75, 3.05) is 20.2 Å². The Bertz CT molecular complexity index is 351. The third kappa shape index (κ3) is 4.95. The molecule has 0 bridgehead atoms. The quantitative estimate of drug-likeness (QED) is 0.359. The molecule has 0 aliphatic carbocycles. The van der Waals surface area contributed by atoms with Gasteiger partial charge in [-0.3, -0.25) is 15.1 Å². The largest absolute Gasteiger partial charge is 0.395 e. The average molecular weight is 237 g/mol. The van der Waals surface area contributed by atoms with E-state index in [9.17, 15) is 4.79 Å². The molecule has 5 heteroatoms. The van der Waals surface area contributed by atoms with Crippen LogP contribution in [0.3, 0.4) is 0 Å². The standard InChI is InChI=1S/C12H19N3O2/c1-15(6-7-16)9-11-4-2-10(3-5-11)8-12(17)14-13/h2-5,16H,6-9,13H2,1H3,(H,14,17). The molecule has 0 saturated heterocycles. The maximum Gasteiger partial charge on any atom is 0.238 e. The number of rotatable bonds is 6. The van der Waals surface area contributed by atoms with E-state index in [1.807, 2.05) is 36.2 Å². The molecular formula is C12H19N3O2. The summed E-state index contributed by atoms with van der Waals surface area (Å²) in [6.07, 6.45) is 0.295. The van der Waals surface area contributed by atoms with Crippen LogP contribution in [-0.2, 0) is 17.8 Å². The average Bonchev–Trinajstić information content (AvgIpc) is 2.32. The molecule has 94 valence electrons. The smallest absolute Gasteiger partial charge is 0.238 e. The Morgan fingerprint density at radius 2 is 1.94 bits per heavy atom. The molecule has 5 nitrogen and oxygen atoms in total. The lowest BCUT2D eigenvalue weighted by Crippen LogP contribution is -2.31. The number of benzene rings is 1. The number of nitrogens with zero attached hydrogens (tertiary/aromatic N) is 1. The highest BCUT2D eigenvalue weighted by Gasteiger charge is 2.02. The minimum absolute atomic E-state index is 0.158. The predicted molar refractivity (Wildman–Crippen MR) is 65.9 cm³/mol. The summed E-state index contributed by atoms with van der Waals surface area (Å²) in [6, 6.07) is 7.79. The molecule has 1 rings (SSSR count). The minimum Gasteiger partial charge on any atom is -0.395 e. The Morgan fingerprint density at radius 3 is 2.47 bits per heavy atom. The molecule has 0 atom stereocenters. The van der Waals surface area contributed by atoms with E-state index < -0.39 is 0 Å². The van der Waals surface area contributed by atoms with Crippen LogP contribution in [0.5, 0.6) is 0 Å². The fourth-order valence-electron chi connectivity index (χ4n) is 1.56. The summed E-state index contributed by atoms with van der Waals surface area (Å²) in [5, 5.41) is 8.79. The summed E-state index contributed by atoms with van der Waals surface area (Å²) in [6.45, 7) is 1.59. The molecule has 0 aromatic heterocycles. The molecule has 0 saturated carbocycles. The van der Waals surface area contributed by atoms with Crippen LogP contribution in [0.25, 0.3) is 0 Å². The van der Waals surface area contributed by atoms with Crippen LogP contribution in [0.15, 0.2) is 24.3 Å². The topological polar surface area (TPSA) is 78.6 Å². The number of amides is 1. The fourth-order valence-corrected chi connectivity index (χ4v) is 1.56. The summed E-state index contributed by atoms with van der Waals surface area (Å²) in [5.74, 6) is 4.82. The van der Waals surface area contributed by atoms with Gasteiger partial charge >= 0.3 is 0 Å². The zero-order chi connectivity index (χ0) is 12.7. The third-order valence-electron chi connectivity index (χ3n) is 2.48. The number of carbonyl (C=O) groups is 1. The number of aliphatic hydroxyl groups excluding tert-OH is 1. The number of hydrogen-bond donors (Lipinski definition) is 3. The number of aliphatic hydroxyl groups is 1. The second-order valence-corrected chi connectivity index (χ2v) is 4.02. The molecule has 0 fully saturated rings. The van der Waals surface area contributed by atoms with Gasteiger partial charge in [-0.25, -0.2) is 5.84 Å².